The van der Waals surface area contributed by atoms with E-state index in [0.29, 0.717) is 25.9 Å². The minimum Gasteiger partial charge on any atom is -0.465 e. The van der Waals surface area contributed by atoms with Gasteiger partial charge in [-0.25, -0.2) is 0 Å². The summed E-state index contributed by atoms with van der Waals surface area (Å²) in [6, 6.07) is 21.0. The van der Waals surface area contributed by atoms with Crippen LogP contribution in [0.25, 0.3) is 0 Å². The molecule has 0 aromatic heterocycles. The number of carbonyl (C=O) groups excluding carboxylic acids is 1. The van der Waals surface area contributed by atoms with Crippen molar-refractivity contribution in [3.05, 3.63) is 71.8 Å². The van der Waals surface area contributed by atoms with Gasteiger partial charge in [0.2, 0.25) is 0 Å². The molecule has 2 fully saturated rings. The molecule has 0 saturated carbocycles. The van der Waals surface area contributed by atoms with Crippen LogP contribution in [0.5, 0.6) is 0 Å². The number of hydrogen-bond donors (Lipinski definition) is 1. The molecule has 0 radical (unpaired) electrons. The van der Waals surface area contributed by atoms with Gasteiger partial charge in [-0.1, -0.05) is 67.1 Å². The Kier molecular flexibility index (Phi) is 7.73. The van der Waals surface area contributed by atoms with Crippen molar-refractivity contribution in [2.75, 3.05) is 26.3 Å². The molecule has 5 nitrogen and oxygen atoms in total. The van der Waals surface area contributed by atoms with Gasteiger partial charge in [-0.2, -0.15) is 0 Å². The topological polar surface area (TPSA) is 50.8 Å². The monoisotopic (exact) mass is 422 g/mol. The zero-order valence-corrected chi connectivity index (χ0v) is 18.4. The molecule has 2 aromatic rings. The van der Waals surface area contributed by atoms with Gasteiger partial charge in [0.1, 0.15) is 6.04 Å². The van der Waals surface area contributed by atoms with Crippen LogP contribution in [0.4, 0.5) is 0 Å². The smallest absolute Gasteiger partial charge is 0.324 e. The normalized spacial score (nSPS) is 25.8. The summed E-state index contributed by atoms with van der Waals surface area (Å²) in [7, 11) is 0. The van der Waals surface area contributed by atoms with Gasteiger partial charge < -0.3 is 14.8 Å². The Balaban J connectivity index is 1.47. The van der Waals surface area contributed by atoms with Crippen LogP contribution in [0.15, 0.2) is 60.7 Å². The molecular formula is C26H34N2O3. The van der Waals surface area contributed by atoms with Crippen LogP contribution in [0.2, 0.25) is 0 Å². The fourth-order valence-corrected chi connectivity index (χ4v) is 5.25. The summed E-state index contributed by atoms with van der Waals surface area (Å²) < 4.78 is 11.4. The van der Waals surface area contributed by atoms with Crippen LogP contribution in [0, 0.1) is 0 Å². The summed E-state index contributed by atoms with van der Waals surface area (Å²) in [5.41, 5.74) is 2.39. The van der Waals surface area contributed by atoms with Gasteiger partial charge in [0.05, 0.1) is 19.8 Å². The standard InChI is InChI=1S/C26H34N2O3/c1-2-31-26(29)25-23(21-13-7-4-8-14-21)24(22-15-9-10-17-28(22)25)27-16-18-30-19-20-11-5-3-6-12-20/h3-8,11-14,22-25,27H,2,9-10,15-19H2,1H3/t22-,23-,24+,25+/m1/s1. The molecule has 0 bridgehead atoms. The van der Waals surface area contributed by atoms with Gasteiger partial charge in [0.15, 0.2) is 0 Å². The summed E-state index contributed by atoms with van der Waals surface area (Å²) in [4.78, 5) is 15.5. The Morgan fingerprint density at radius 3 is 2.55 bits per heavy atom. The number of nitrogens with one attached hydrogen (secondary N) is 1. The second kappa shape index (κ2) is 10.9. The lowest BCUT2D eigenvalue weighted by molar-refractivity contribution is -0.149. The first-order valence-corrected chi connectivity index (χ1v) is 11.6. The Morgan fingerprint density at radius 2 is 1.81 bits per heavy atom. The fourth-order valence-electron chi connectivity index (χ4n) is 5.25. The number of nitrogens with zero attached hydrogens (tertiary/aromatic N) is 1. The molecule has 0 amide bonds. The first-order valence-electron chi connectivity index (χ1n) is 11.6. The summed E-state index contributed by atoms with van der Waals surface area (Å²) in [6.07, 6.45) is 3.46. The van der Waals surface area contributed by atoms with Crippen molar-refractivity contribution < 1.29 is 14.3 Å². The molecule has 166 valence electrons. The number of rotatable bonds is 9. The summed E-state index contributed by atoms with van der Waals surface area (Å²) in [5.74, 6) is -0.00893. The van der Waals surface area contributed by atoms with Crippen LogP contribution in [0.1, 0.15) is 43.2 Å². The summed E-state index contributed by atoms with van der Waals surface area (Å²) in [6.45, 7) is 5.29. The van der Waals surface area contributed by atoms with Crippen LogP contribution in [-0.2, 0) is 20.9 Å². The third-order valence-electron chi connectivity index (χ3n) is 6.54. The zero-order chi connectivity index (χ0) is 21.5. The predicted molar refractivity (Wildman–Crippen MR) is 122 cm³/mol. The lowest BCUT2D eigenvalue weighted by atomic mass is 9.85. The number of carbonyl (C=O) groups is 1. The Labute approximate surface area is 185 Å². The molecular weight excluding hydrogens is 388 g/mol. The van der Waals surface area contributed by atoms with Crippen molar-refractivity contribution in [3.8, 4) is 0 Å². The minimum absolute atomic E-state index is 0.0810. The van der Waals surface area contributed by atoms with Crippen molar-refractivity contribution in [2.24, 2.45) is 0 Å². The van der Waals surface area contributed by atoms with E-state index >= 15 is 0 Å². The third-order valence-corrected chi connectivity index (χ3v) is 6.54. The quantitative estimate of drug-likeness (QED) is 0.493. The van der Waals surface area contributed by atoms with Crippen LogP contribution in [0.3, 0.4) is 0 Å². The van der Waals surface area contributed by atoms with Gasteiger partial charge in [-0.15, -0.1) is 0 Å². The molecule has 1 N–H and O–H groups in total. The maximum absolute atomic E-state index is 13.0. The number of esters is 1. The van der Waals surface area contributed by atoms with Crippen LogP contribution >= 0.6 is 0 Å². The Morgan fingerprint density at radius 1 is 1.06 bits per heavy atom. The fraction of sp³-hybridized carbons (Fsp3) is 0.500. The highest BCUT2D eigenvalue weighted by Crippen LogP contribution is 2.42. The predicted octanol–water partition coefficient (Wildman–Crippen LogP) is 3.75. The van der Waals surface area contributed by atoms with E-state index in [-0.39, 0.29) is 24.0 Å². The maximum Gasteiger partial charge on any atom is 0.324 e. The maximum atomic E-state index is 13.0. The lowest BCUT2D eigenvalue weighted by Crippen LogP contribution is -2.48. The molecule has 5 heteroatoms. The zero-order valence-electron chi connectivity index (χ0n) is 18.4. The van der Waals surface area contributed by atoms with Gasteiger partial charge in [0.25, 0.3) is 0 Å². The van der Waals surface area contributed by atoms with E-state index in [1.165, 1.54) is 17.5 Å². The molecule has 2 heterocycles. The number of benzene rings is 2. The van der Waals surface area contributed by atoms with E-state index in [4.69, 9.17) is 9.47 Å². The molecule has 2 aromatic carbocycles. The van der Waals surface area contributed by atoms with E-state index in [1.807, 2.05) is 31.2 Å². The number of hydrogen-bond acceptors (Lipinski definition) is 5. The van der Waals surface area contributed by atoms with Crippen LogP contribution < -0.4 is 5.32 Å². The second-order valence-corrected chi connectivity index (χ2v) is 8.45. The molecule has 4 atom stereocenters. The highest BCUT2D eigenvalue weighted by molar-refractivity contribution is 5.78. The van der Waals surface area contributed by atoms with Crippen molar-refractivity contribution in [2.45, 2.75) is 56.8 Å². The van der Waals surface area contributed by atoms with Crippen molar-refractivity contribution in [1.82, 2.24) is 10.2 Å². The average Bonchev–Trinajstić information content (AvgIpc) is 3.15. The molecule has 0 unspecified atom stereocenters. The van der Waals surface area contributed by atoms with Crippen molar-refractivity contribution in [3.63, 3.8) is 0 Å². The highest BCUT2D eigenvalue weighted by Gasteiger charge is 2.53. The summed E-state index contributed by atoms with van der Waals surface area (Å²) >= 11 is 0. The van der Waals surface area contributed by atoms with E-state index in [2.05, 4.69) is 46.6 Å². The van der Waals surface area contributed by atoms with E-state index in [1.54, 1.807) is 0 Å². The highest BCUT2D eigenvalue weighted by atomic mass is 16.5. The number of piperidine rings is 1. The molecule has 2 saturated heterocycles. The first-order chi connectivity index (χ1) is 15.3. The van der Waals surface area contributed by atoms with E-state index in [0.717, 1.165) is 25.9 Å². The van der Waals surface area contributed by atoms with Crippen molar-refractivity contribution in [1.29, 1.82) is 0 Å². The molecule has 31 heavy (non-hydrogen) atoms. The number of ether oxygens (including phenoxy) is 2. The Hall–Kier alpha value is -2.21. The molecule has 0 aliphatic carbocycles. The first kappa shape index (κ1) is 22.0. The largest absolute Gasteiger partial charge is 0.465 e. The summed E-state index contributed by atoms with van der Waals surface area (Å²) in [5, 5.41) is 3.77. The Bertz CT molecular complexity index is 814. The van der Waals surface area contributed by atoms with Gasteiger partial charge in [-0.3, -0.25) is 9.69 Å². The minimum atomic E-state index is -0.226. The van der Waals surface area contributed by atoms with Gasteiger partial charge in [-0.05, 0) is 37.4 Å². The molecule has 0 spiro atoms. The average molecular weight is 423 g/mol. The number of fused-ring (bicyclic) bond motifs is 1. The second-order valence-electron chi connectivity index (χ2n) is 8.45. The van der Waals surface area contributed by atoms with E-state index in [9.17, 15) is 4.79 Å². The SMILES string of the molecule is CCOC(=O)[C@@H]1[C@H](c2ccccc2)[C@@H](NCCOCc2ccccc2)[C@H]2CCCCN21. The molecule has 2 aliphatic heterocycles. The van der Waals surface area contributed by atoms with E-state index < -0.39 is 0 Å². The molecule has 4 rings (SSSR count). The van der Waals surface area contributed by atoms with Gasteiger partial charge >= 0.3 is 5.97 Å². The lowest BCUT2D eigenvalue weighted by Gasteiger charge is -2.34. The van der Waals surface area contributed by atoms with Gasteiger partial charge in [0, 0.05) is 24.5 Å². The van der Waals surface area contributed by atoms with Crippen molar-refractivity contribution >= 4 is 5.97 Å². The third kappa shape index (κ3) is 5.17. The van der Waals surface area contributed by atoms with Crippen LogP contribution in [-0.4, -0.2) is 55.3 Å². The molecule has 2 aliphatic rings.